The largest absolute Gasteiger partial charge is 0.508 e. The molecule has 3 aliphatic carbocycles. The fourth-order valence-corrected chi connectivity index (χ4v) is 18.1. The number of phenols is 3. The van der Waals surface area contributed by atoms with Crippen LogP contribution in [0.3, 0.4) is 0 Å². The Balaban J connectivity index is 0.000000198. The molecule has 0 radical (unpaired) electrons. The number of aromatic nitrogens is 3. The molecule has 1 unspecified atom stereocenters. The van der Waals surface area contributed by atoms with Gasteiger partial charge in [-0.2, -0.15) is 8.78 Å². The average Bonchev–Trinajstić information content (AvgIpc) is 0.820. The summed E-state index contributed by atoms with van der Waals surface area (Å²) >= 11 is 0. The number of H-pyrrole nitrogens is 1. The van der Waals surface area contributed by atoms with E-state index < -0.39 is 175 Å². The quantitative estimate of drug-likeness (QED) is 0.0307. The summed E-state index contributed by atoms with van der Waals surface area (Å²) in [6.07, 6.45) is 6.36. The number of phenolic OH excluding ortho intramolecular Hbond substituents is 3. The van der Waals surface area contributed by atoms with Crippen molar-refractivity contribution >= 4 is 79.2 Å². The van der Waals surface area contributed by atoms with Crippen molar-refractivity contribution in [1.82, 2.24) is 24.8 Å². The number of hydrogen-bond donors (Lipinski definition) is 12. The molecule has 6 aromatic rings. The van der Waals surface area contributed by atoms with Gasteiger partial charge in [-0.05, 0) is 77.0 Å². The smallest absolute Gasteiger partial charge is 0.387 e. The normalized spacial score (nSPS) is 28.7. The predicted octanol–water partition coefficient (Wildman–Crippen LogP) is 7.26. The molecule has 119 heavy (non-hydrogen) atoms. The molecule has 13 N–H and O–H groups in total. The molecule has 15 atom stereocenters. The third-order valence-corrected chi connectivity index (χ3v) is 24.6. The fraction of sp³-hybridized carbons (Fsp3) is 0.476. The van der Waals surface area contributed by atoms with Crippen LogP contribution in [0.25, 0.3) is 27.6 Å². The summed E-state index contributed by atoms with van der Waals surface area (Å²) < 4.78 is 76.1. The zero-order chi connectivity index (χ0) is 87.5. The number of nitrogens with two attached hydrogens (primary N) is 1. The molecule has 13 rings (SSSR count). The molecule has 4 aromatic carbocycles. The molecule has 2 fully saturated rings. The molecular weight excluding hydrogens is 1570 g/mol. The SMILES string of the molecule is CN(C)[C@@H]1C(=O)C(C(N)=O)=C(O)[C@@]2(O)C(=O)C3=C(O)c4c(O)cccc4[C@@](C)(O)[C@H]3C[C@@H]12.CO[C@H]1/C=C\O[C@@]2(C)Oc3c(C)c(O)c4c(O)c(c5c(c4c3C2=O)=NC2(CCN(CC(C)C)CC2)N=5)NC(=O)/C(C)=C/C=C\[C@H](C)[C@H](O)[C@@H](C)[C@@H](O)[C@@H](C)[C@@H](OC(C)=O)[C@H]1C.COc1ccnc(CS(=O)c2nc3ccc(OC(F)F)cc3[nH]2)c1OC. The highest BCUT2D eigenvalue weighted by atomic mass is 32.2. The summed E-state index contributed by atoms with van der Waals surface area (Å²) in [5.41, 5.74) is 0.260. The number of methoxy groups -OCH3 is 3. The number of likely N-dealkylation sites (N-methyl/N-ethyl adjacent to an activating group) is 1. The van der Waals surface area contributed by atoms with Crippen LogP contribution < -0.4 is 40.7 Å². The number of aromatic hydroxyl groups is 3. The molecule has 2 amide bonds. The highest BCUT2D eigenvalue weighted by Crippen LogP contribution is 2.58. The van der Waals surface area contributed by atoms with Crippen LogP contribution in [0.15, 0.2) is 117 Å². The number of aliphatic hydroxyl groups is 6. The Kier molecular flexibility index (Phi) is 25.8. The van der Waals surface area contributed by atoms with Crippen molar-refractivity contribution in [2.45, 2.75) is 166 Å². The number of rotatable bonds is 13. The molecule has 4 aliphatic heterocycles. The first kappa shape index (κ1) is 89.0. The molecule has 4 bridgehead atoms. The van der Waals surface area contributed by atoms with E-state index in [4.69, 9.17) is 44.1 Å². The van der Waals surface area contributed by atoms with Crippen molar-refractivity contribution in [1.29, 1.82) is 0 Å². The molecule has 35 heteroatoms. The number of Topliss-reactive ketones (excluding diaryl/α,β-unsaturated/α-hetero) is 3. The third-order valence-electron chi connectivity index (χ3n) is 23.4. The van der Waals surface area contributed by atoms with E-state index in [2.05, 4.69) is 43.8 Å². The molecule has 1 saturated heterocycles. The van der Waals surface area contributed by atoms with E-state index in [9.17, 15) is 87.7 Å². The monoisotopic (exact) mass is 1670 g/mol. The van der Waals surface area contributed by atoms with Gasteiger partial charge in [0.1, 0.15) is 57.2 Å². The number of pyridine rings is 1. The summed E-state index contributed by atoms with van der Waals surface area (Å²) in [4.78, 5) is 105. The predicted molar refractivity (Wildman–Crippen MR) is 428 cm³/mol. The molecule has 6 heterocycles. The van der Waals surface area contributed by atoms with Gasteiger partial charge in [0, 0.05) is 129 Å². The van der Waals surface area contributed by atoms with Crippen LogP contribution in [-0.2, 0) is 60.3 Å². The number of ketones is 3. The Morgan fingerprint density at radius 3 is 2.16 bits per heavy atom. The van der Waals surface area contributed by atoms with Crippen molar-refractivity contribution in [3.8, 4) is 40.2 Å². The lowest BCUT2D eigenvalue weighted by atomic mass is 9.54. The highest BCUT2D eigenvalue weighted by molar-refractivity contribution is 7.84. The van der Waals surface area contributed by atoms with Gasteiger partial charge in [0.2, 0.25) is 5.78 Å². The molecule has 7 aliphatic rings. The number of halogens is 2. The van der Waals surface area contributed by atoms with Crippen molar-refractivity contribution in [3.63, 3.8) is 0 Å². The lowest BCUT2D eigenvalue weighted by Gasteiger charge is -2.53. The third kappa shape index (κ3) is 16.5. The number of hydrogen-bond acceptors (Lipinski definition) is 29. The first-order chi connectivity index (χ1) is 55.9. The number of primary amides is 1. The van der Waals surface area contributed by atoms with Gasteiger partial charge in [-0.15, -0.1) is 0 Å². The van der Waals surface area contributed by atoms with Gasteiger partial charge in [-0.3, -0.25) is 52.8 Å². The zero-order valence-corrected chi connectivity index (χ0v) is 69.4. The van der Waals surface area contributed by atoms with Crippen molar-refractivity contribution in [3.05, 3.63) is 140 Å². The van der Waals surface area contributed by atoms with E-state index in [0.717, 1.165) is 6.54 Å². The number of nitrogens with one attached hydrogen (secondary N) is 2. The fourth-order valence-electron chi connectivity index (χ4n) is 17.1. The molecule has 32 nitrogen and oxygen atoms in total. The minimum absolute atomic E-state index is 0.00962. The number of carbonyl (C=O) groups excluding carboxylic acids is 6. The number of alkyl halides is 2. The lowest BCUT2D eigenvalue weighted by Crippen LogP contribution is -2.67. The molecular formula is C84H101F2N9O23S. The van der Waals surface area contributed by atoms with Crippen LogP contribution in [0, 0.1) is 48.3 Å². The summed E-state index contributed by atoms with van der Waals surface area (Å²) in [6.45, 7) is 18.0. The van der Waals surface area contributed by atoms with Gasteiger partial charge in [-0.1, -0.05) is 71.9 Å². The number of likely N-dealkylation sites (tertiary alicyclic amines) is 1. The molecule has 640 valence electrons. The maximum atomic E-state index is 14.7. The molecule has 1 spiro atoms. The number of aliphatic hydroxyl groups excluding tert-OH is 4. The Hall–Kier alpha value is -10.8. The van der Waals surface area contributed by atoms with Gasteiger partial charge in [-0.25, -0.2) is 4.98 Å². The Morgan fingerprint density at radius 1 is 0.857 bits per heavy atom. The van der Waals surface area contributed by atoms with E-state index >= 15 is 0 Å². The van der Waals surface area contributed by atoms with Gasteiger partial charge >= 0.3 is 18.4 Å². The first-order valence-electron chi connectivity index (χ1n) is 38.6. The second kappa shape index (κ2) is 34.5. The zero-order valence-electron chi connectivity index (χ0n) is 68.6. The Bertz CT molecular complexity index is 5380. The number of nitrogens with zero attached hydrogens (tertiary/aromatic N) is 6. The van der Waals surface area contributed by atoms with Gasteiger partial charge in [0.05, 0.1) is 106 Å². The number of anilines is 1. The number of ether oxygens (including phenoxy) is 7. The summed E-state index contributed by atoms with van der Waals surface area (Å²) in [7, 11) is 5.88. The highest BCUT2D eigenvalue weighted by Gasteiger charge is 2.67. The minimum Gasteiger partial charge on any atom is -0.508 e. The number of allylic oxidation sites excluding steroid dienone is 2. The number of piperidine rings is 1. The first-order valence-corrected chi connectivity index (χ1v) is 39.9. The van der Waals surface area contributed by atoms with Crippen LogP contribution >= 0.6 is 0 Å². The molecule has 1 saturated carbocycles. The van der Waals surface area contributed by atoms with E-state index in [0.29, 0.717) is 60.1 Å². The number of imidazole rings is 1. The van der Waals surface area contributed by atoms with Gasteiger partial charge in [0.25, 0.3) is 17.6 Å². The number of esters is 1. The Morgan fingerprint density at radius 2 is 1.54 bits per heavy atom. The number of aromatic amines is 1. The maximum Gasteiger partial charge on any atom is 0.387 e. The minimum atomic E-state index is -2.92. The summed E-state index contributed by atoms with van der Waals surface area (Å²) in [5.74, 6) is -13.4. The standard InChI is InChI=1S/C46H62N4O11.C22H24N2O8.C16H15F2N3O4S/c1-22(2)21-50-18-16-46(17-19-50)48-34-31-32-39(54)28(8)42-33(31)43(56)45(10,61-42)59-20-15-30(58-11)25(5)41(60-29(9)51)27(7)38(53)26(6)37(52)23(3)13-12-14-24(4)44(57)47-36(40(32)55)35(34)49-46;1-21(31)8-5-4-6-11(25)12(8)16(26)13-9(21)7-10-15(24(2)3)17(27)14(20(23)30)19(29)22(10,32)18(13)28;1-23-13-5-6-19-12(14(13)24-2)8-26(22)16-20-10-4-3-9(25-15(17)18)7-11(10)21-16/h12-15,20,22-23,25-27,30,37-38,41,52-55H,16-19,21H2,1-11H3,(H,47,57);4-6,9-10,15,25-26,29,31-32H,7H2,1-3H3,(H2,23,30);3-7,15H,8H2,1-2H3,(H,20,21)/b13-12-,20-15-,24-14+;;/t23-,25-,26+,27+,30-,37-,38+,41-,45-;9-,10-,15-,21+,22-;/m00./s1. The van der Waals surface area contributed by atoms with E-state index in [1.54, 1.807) is 71.9 Å². The number of benzene rings is 4. The number of carbonyl (C=O) groups is 6. The van der Waals surface area contributed by atoms with Crippen LogP contribution in [0.4, 0.5) is 14.5 Å². The van der Waals surface area contributed by atoms with Crippen LogP contribution in [0.2, 0.25) is 0 Å². The van der Waals surface area contributed by atoms with Crippen LogP contribution in [-0.4, -0.2) is 219 Å². The summed E-state index contributed by atoms with van der Waals surface area (Å²) in [6, 6.07) is 8.90. The number of fused-ring (bicyclic) bond motifs is 5. The van der Waals surface area contributed by atoms with Crippen molar-refractivity contribution in [2.24, 2.45) is 57.1 Å². The van der Waals surface area contributed by atoms with Crippen molar-refractivity contribution in [2.75, 3.05) is 60.4 Å². The number of amides is 2. The van der Waals surface area contributed by atoms with Crippen molar-refractivity contribution < 1.29 is 121 Å². The summed E-state index contributed by atoms with van der Waals surface area (Å²) in [5, 5.41) is 105. The van der Waals surface area contributed by atoms with E-state index in [-0.39, 0.29) is 89.6 Å². The van der Waals surface area contributed by atoms with Crippen LogP contribution in [0.1, 0.15) is 121 Å². The topological polar surface area (TPSA) is 477 Å². The maximum absolute atomic E-state index is 14.7. The average molecular weight is 1670 g/mol. The van der Waals surface area contributed by atoms with E-state index in [1.165, 1.54) is 110 Å². The lowest BCUT2D eigenvalue weighted by molar-refractivity contribution is -0.161. The van der Waals surface area contributed by atoms with Crippen LogP contribution in [0.5, 0.6) is 40.2 Å². The molecule has 2 aromatic heterocycles. The second-order valence-electron chi connectivity index (χ2n) is 32.0. The Labute approximate surface area is 685 Å². The van der Waals surface area contributed by atoms with Gasteiger partial charge in [0.15, 0.2) is 39.5 Å². The second-order valence-corrected chi connectivity index (χ2v) is 33.4. The van der Waals surface area contributed by atoms with Gasteiger partial charge < -0.3 is 100 Å². The van der Waals surface area contributed by atoms with E-state index in [1.807, 2.05) is 0 Å².